The van der Waals surface area contributed by atoms with Gasteiger partial charge in [-0.2, -0.15) is 0 Å². The zero-order valence-corrected chi connectivity index (χ0v) is 12.1. The number of halogens is 7. The topological polar surface area (TPSA) is 9.23 Å². The lowest BCUT2D eigenvalue weighted by Gasteiger charge is -2.44. The zero-order valence-electron chi connectivity index (χ0n) is 5.84. The number of hydrogen-bond acceptors (Lipinski definition) is 1. The van der Waals surface area contributed by atoms with E-state index >= 15 is 0 Å². The second-order valence-corrected chi connectivity index (χ2v) is 11.9. The van der Waals surface area contributed by atoms with Crippen LogP contribution in [0.15, 0.2) is 0 Å². The van der Waals surface area contributed by atoms with Crippen LogP contribution < -0.4 is 0 Å². The molecule has 1 heterocycles. The van der Waals surface area contributed by atoms with E-state index in [1.54, 1.807) is 0 Å². The molecule has 0 saturated carbocycles. The van der Waals surface area contributed by atoms with Gasteiger partial charge in [0, 0.05) is 6.04 Å². The summed E-state index contributed by atoms with van der Waals surface area (Å²) >= 11 is 40.4. The highest BCUT2D eigenvalue weighted by atomic mass is 35.7. The standard InChI is InChI=1S/C4H3Cl7OSi/c5-2-1-13(10,11)12-4(8,9)3(2,6)7/h2H,1H2. The number of rotatable bonds is 0. The smallest absolute Gasteiger partial charge is 0.357 e. The Morgan fingerprint density at radius 3 is 2.00 bits per heavy atom. The largest absolute Gasteiger partial charge is 0.393 e. The lowest BCUT2D eigenvalue weighted by atomic mass is 10.3. The first-order chi connectivity index (χ1) is 5.58. The summed E-state index contributed by atoms with van der Waals surface area (Å²) in [5, 5.41) is -0.749. The minimum atomic E-state index is -3.00. The molecule has 13 heavy (non-hydrogen) atoms. The first-order valence-corrected chi connectivity index (χ1v) is 9.15. The third-order valence-corrected chi connectivity index (χ3v) is 7.77. The molecule has 0 spiro atoms. The molecule has 1 nitrogen and oxygen atoms in total. The van der Waals surface area contributed by atoms with Crippen LogP contribution in [0.1, 0.15) is 0 Å². The van der Waals surface area contributed by atoms with Crippen molar-refractivity contribution in [2.24, 2.45) is 0 Å². The third kappa shape index (κ3) is 2.66. The molecule has 0 aromatic heterocycles. The van der Waals surface area contributed by atoms with Gasteiger partial charge in [0.2, 0.25) is 4.52 Å². The van der Waals surface area contributed by atoms with E-state index in [9.17, 15) is 0 Å². The Hall–Kier alpha value is 2.21. The maximum absolute atomic E-state index is 5.83. The van der Waals surface area contributed by atoms with Crippen molar-refractivity contribution in [2.75, 3.05) is 0 Å². The molecular formula is C4H3Cl7OSi. The molecule has 78 valence electrons. The van der Waals surface area contributed by atoms with Gasteiger partial charge < -0.3 is 4.43 Å². The van der Waals surface area contributed by atoms with Crippen LogP contribution in [-0.2, 0) is 4.43 Å². The first-order valence-electron chi connectivity index (χ1n) is 3.06. The molecule has 0 aromatic rings. The molecule has 1 aliphatic rings. The molecule has 1 fully saturated rings. The van der Waals surface area contributed by atoms with Crippen LogP contribution in [0.5, 0.6) is 0 Å². The predicted octanol–water partition coefficient (Wildman–Crippen LogP) is 4.35. The number of alkyl halides is 5. The molecule has 1 saturated heterocycles. The van der Waals surface area contributed by atoms with Crippen molar-refractivity contribution in [1.82, 2.24) is 0 Å². The Kier molecular flexibility index (Phi) is 3.98. The highest BCUT2D eigenvalue weighted by molar-refractivity contribution is 7.42. The monoisotopic (exact) mass is 340 g/mol. The Bertz CT molecular complexity index is 217. The summed E-state index contributed by atoms with van der Waals surface area (Å²) in [6.07, 6.45) is 0. The van der Waals surface area contributed by atoms with Crippen LogP contribution in [0.3, 0.4) is 0 Å². The van der Waals surface area contributed by atoms with E-state index in [2.05, 4.69) is 0 Å². The minimum absolute atomic E-state index is 0.159. The van der Waals surface area contributed by atoms with Crippen LogP contribution in [0.2, 0.25) is 6.04 Å². The van der Waals surface area contributed by atoms with E-state index < -0.39 is 21.2 Å². The van der Waals surface area contributed by atoms with Gasteiger partial charge in [-0.1, -0.05) is 46.4 Å². The summed E-state index contributed by atoms with van der Waals surface area (Å²) in [6, 6.07) is 0.159. The summed E-state index contributed by atoms with van der Waals surface area (Å²) in [7, 11) is 0. The fourth-order valence-corrected chi connectivity index (χ4v) is 7.32. The van der Waals surface area contributed by atoms with Crippen LogP contribution in [0, 0.1) is 0 Å². The Morgan fingerprint density at radius 1 is 1.15 bits per heavy atom. The second-order valence-electron chi connectivity index (χ2n) is 2.55. The molecule has 0 radical (unpaired) electrons. The summed E-state index contributed by atoms with van der Waals surface area (Å²) in [5.41, 5.74) is 0. The number of hydrogen-bond donors (Lipinski definition) is 0. The molecule has 0 amide bonds. The lowest BCUT2D eigenvalue weighted by molar-refractivity contribution is 0.202. The molecule has 0 N–H and O–H groups in total. The summed E-state index contributed by atoms with van der Waals surface area (Å²) < 4.78 is 1.49. The molecular weight excluding hydrogens is 340 g/mol. The van der Waals surface area contributed by atoms with Gasteiger partial charge in [0.15, 0.2) is 4.33 Å². The van der Waals surface area contributed by atoms with Gasteiger partial charge in [0.1, 0.15) is 0 Å². The molecule has 0 bridgehead atoms. The van der Waals surface area contributed by atoms with Crippen LogP contribution in [0.25, 0.3) is 0 Å². The van der Waals surface area contributed by atoms with Crippen molar-refractivity contribution < 1.29 is 4.43 Å². The van der Waals surface area contributed by atoms with Crippen molar-refractivity contribution in [3.8, 4) is 0 Å². The van der Waals surface area contributed by atoms with E-state index in [1.807, 2.05) is 0 Å². The van der Waals surface area contributed by atoms with Crippen molar-refractivity contribution in [1.29, 1.82) is 0 Å². The lowest BCUT2D eigenvalue weighted by Crippen LogP contribution is -2.57. The summed E-state index contributed by atoms with van der Waals surface area (Å²) in [5.74, 6) is 0. The van der Waals surface area contributed by atoms with Gasteiger partial charge in [-0.05, 0) is 0 Å². The van der Waals surface area contributed by atoms with Crippen molar-refractivity contribution in [3.63, 3.8) is 0 Å². The first kappa shape index (κ1) is 13.3. The van der Waals surface area contributed by atoms with Crippen LogP contribution in [0.4, 0.5) is 0 Å². The van der Waals surface area contributed by atoms with Crippen molar-refractivity contribution in [3.05, 3.63) is 0 Å². The molecule has 1 unspecified atom stereocenters. The second kappa shape index (κ2) is 3.90. The molecule has 1 aliphatic heterocycles. The summed E-state index contributed by atoms with van der Waals surface area (Å²) in [4.78, 5) is 0. The fourth-order valence-electron chi connectivity index (χ4n) is 0.816. The molecule has 1 atom stereocenters. The van der Waals surface area contributed by atoms with Crippen molar-refractivity contribution >= 4 is 87.1 Å². The quantitative estimate of drug-likeness (QED) is 0.361. The highest BCUT2D eigenvalue weighted by Crippen LogP contribution is 2.56. The normalized spacial score (nSPS) is 35.8. The van der Waals surface area contributed by atoms with E-state index in [-0.39, 0.29) is 6.04 Å². The molecule has 9 heteroatoms. The maximum Gasteiger partial charge on any atom is 0.393 e. The zero-order chi connectivity index (χ0) is 10.5. The Morgan fingerprint density at radius 2 is 1.62 bits per heavy atom. The van der Waals surface area contributed by atoms with Gasteiger partial charge in [-0.25, -0.2) is 0 Å². The molecule has 0 aromatic carbocycles. The SMILES string of the molecule is ClC1C[Si](Cl)(Cl)OC(Cl)(Cl)C1(Cl)Cl. The maximum atomic E-state index is 5.83. The van der Waals surface area contributed by atoms with E-state index in [0.717, 1.165) is 0 Å². The minimum Gasteiger partial charge on any atom is -0.357 e. The van der Waals surface area contributed by atoms with Crippen molar-refractivity contribution in [2.45, 2.75) is 20.3 Å². The average Bonchev–Trinajstić information content (AvgIpc) is 1.80. The predicted molar refractivity (Wildman–Crippen MR) is 61.9 cm³/mol. The van der Waals surface area contributed by atoms with Crippen LogP contribution >= 0.6 is 80.2 Å². The van der Waals surface area contributed by atoms with E-state index in [0.29, 0.717) is 0 Å². The summed E-state index contributed by atoms with van der Waals surface area (Å²) in [6.45, 7) is -3.00. The average molecular weight is 343 g/mol. The Labute approximate surface area is 111 Å². The van der Waals surface area contributed by atoms with Gasteiger partial charge in [-0.15, -0.1) is 33.8 Å². The van der Waals surface area contributed by atoms with Gasteiger partial charge >= 0.3 is 6.94 Å². The molecule has 1 rings (SSSR count). The van der Waals surface area contributed by atoms with E-state index in [1.165, 1.54) is 0 Å². The fraction of sp³-hybridized carbons (Fsp3) is 1.00. The van der Waals surface area contributed by atoms with Crippen LogP contribution in [-0.4, -0.2) is 21.2 Å². The Balaban J connectivity index is 2.96. The van der Waals surface area contributed by atoms with Gasteiger partial charge in [0.25, 0.3) is 0 Å². The van der Waals surface area contributed by atoms with Gasteiger partial charge in [0.05, 0.1) is 5.38 Å². The highest BCUT2D eigenvalue weighted by Gasteiger charge is 2.63. The molecule has 0 aliphatic carbocycles. The van der Waals surface area contributed by atoms with E-state index in [4.69, 9.17) is 84.6 Å². The van der Waals surface area contributed by atoms with Gasteiger partial charge in [-0.3, -0.25) is 0 Å². The third-order valence-electron chi connectivity index (χ3n) is 1.48.